The molecule has 0 spiro atoms. The molecule has 2 aliphatic carbocycles. The van der Waals surface area contributed by atoms with Gasteiger partial charge in [0.05, 0.1) is 0 Å². The summed E-state index contributed by atoms with van der Waals surface area (Å²) in [5.41, 5.74) is 0. The van der Waals surface area contributed by atoms with Gasteiger partial charge in [0.1, 0.15) is 0 Å². The Morgan fingerprint density at radius 1 is 0.600 bits per heavy atom. The van der Waals surface area contributed by atoms with E-state index >= 15 is 0 Å². The van der Waals surface area contributed by atoms with E-state index in [1.807, 2.05) is 0 Å². The summed E-state index contributed by atoms with van der Waals surface area (Å²) in [6, 6.07) is 0. The number of ether oxygens (including phenoxy) is 1. The van der Waals surface area contributed by atoms with Crippen LogP contribution in [0.5, 0.6) is 0 Å². The second kappa shape index (κ2) is 6.52. The van der Waals surface area contributed by atoms with Crippen LogP contribution in [0.1, 0.15) is 64.2 Å². The van der Waals surface area contributed by atoms with Crippen LogP contribution >= 0.6 is 0 Å². The van der Waals surface area contributed by atoms with Crippen LogP contribution in [0.2, 0.25) is 0 Å². The first-order chi connectivity index (χ1) is 7.45. The normalized spacial score (nSPS) is 25.6. The van der Waals surface area contributed by atoms with E-state index in [9.17, 15) is 0 Å². The number of hydrogen-bond donors (Lipinski definition) is 0. The van der Waals surface area contributed by atoms with E-state index in [0.29, 0.717) is 0 Å². The molecule has 0 atom stereocenters. The summed E-state index contributed by atoms with van der Waals surface area (Å²) in [5.74, 6) is 1.78. The van der Waals surface area contributed by atoms with Crippen molar-refractivity contribution in [2.24, 2.45) is 11.8 Å². The summed E-state index contributed by atoms with van der Waals surface area (Å²) in [6.45, 7) is 2.10. The number of rotatable bonds is 4. The maximum Gasteiger partial charge on any atom is 0.0494 e. The minimum Gasteiger partial charge on any atom is -0.381 e. The zero-order chi connectivity index (χ0) is 10.3. The Labute approximate surface area is 94.6 Å². The molecular formula is C14H26O. The topological polar surface area (TPSA) is 9.23 Å². The minimum absolute atomic E-state index is 0.891. The molecule has 0 unspecified atom stereocenters. The van der Waals surface area contributed by atoms with Crippen LogP contribution < -0.4 is 0 Å². The van der Waals surface area contributed by atoms with E-state index in [-0.39, 0.29) is 0 Å². The van der Waals surface area contributed by atoms with Gasteiger partial charge in [-0.1, -0.05) is 38.5 Å². The van der Waals surface area contributed by atoms with E-state index in [4.69, 9.17) is 4.74 Å². The van der Waals surface area contributed by atoms with Crippen molar-refractivity contribution < 1.29 is 4.74 Å². The van der Waals surface area contributed by atoms with Gasteiger partial charge in [-0.25, -0.2) is 0 Å². The fraction of sp³-hybridized carbons (Fsp3) is 1.00. The van der Waals surface area contributed by atoms with Gasteiger partial charge in [0.2, 0.25) is 0 Å². The molecule has 0 saturated heterocycles. The molecule has 0 aromatic rings. The Morgan fingerprint density at radius 3 is 1.40 bits per heavy atom. The maximum absolute atomic E-state index is 5.91. The Kier molecular flexibility index (Phi) is 4.98. The second-order valence-electron chi connectivity index (χ2n) is 5.55. The predicted molar refractivity (Wildman–Crippen MR) is 64.0 cm³/mol. The lowest BCUT2D eigenvalue weighted by Gasteiger charge is -2.25. The molecular weight excluding hydrogens is 184 g/mol. The Morgan fingerprint density at radius 2 is 1.00 bits per heavy atom. The van der Waals surface area contributed by atoms with Crippen molar-refractivity contribution in [3.63, 3.8) is 0 Å². The molecule has 0 N–H and O–H groups in total. The summed E-state index contributed by atoms with van der Waals surface area (Å²) >= 11 is 0. The van der Waals surface area contributed by atoms with Crippen molar-refractivity contribution in [3.05, 3.63) is 0 Å². The predicted octanol–water partition coefficient (Wildman–Crippen LogP) is 4.16. The average molecular weight is 210 g/mol. The lowest BCUT2D eigenvalue weighted by molar-refractivity contribution is 0.0508. The van der Waals surface area contributed by atoms with Gasteiger partial charge >= 0.3 is 0 Å². The van der Waals surface area contributed by atoms with Crippen LogP contribution in [0, 0.1) is 11.8 Å². The van der Waals surface area contributed by atoms with Crippen molar-refractivity contribution in [1.82, 2.24) is 0 Å². The van der Waals surface area contributed by atoms with Crippen LogP contribution in [0.25, 0.3) is 0 Å². The fourth-order valence-corrected chi connectivity index (χ4v) is 3.11. The van der Waals surface area contributed by atoms with Crippen LogP contribution in [-0.4, -0.2) is 13.2 Å². The van der Waals surface area contributed by atoms with Crippen molar-refractivity contribution in [2.45, 2.75) is 64.2 Å². The minimum atomic E-state index is 0.891. The van der Waals surface area contributed by atoms with Gasteiger partial charge in [0.15, 0.2) is 0 Å². The van der Waals surface area contributed by atoms with Gasteiger partial charge in [0, 0.05) is 13.2 Å². The van der Waals surface area contributed by atoms with E-state index in [1.54, 1.807) is 0 Å². The molecule has 0 amide bonds. The van der Waals surface area contributed by atoms with Crippen molar-refractivity contribution in [3.8, 4) is 0 Å². The van der Waals surface area contributed by atoms with Gasteiger partial charge in [-0.2, -0.15) is 0 Å². The van der Waals surface area contributed by atoms with Gasteiger partial charge in [0.25, 0.3) is 0 Å². The molecule has 2 saturated carbocycles. The standard InChI is InChI=1S/C14H26O/c1-3-7-13(8-4-1)11-15-12-14-9-5-2-6-10-14/h13-14H,1-12H2. The lowest BCUT2D eigenvalue weighted by atomic mass is 9.89. The van der Waals surface area contributed by atoms with Gasteiger partial charge in [-0.05, 0) is 37.5 Å². The van der Waals surface area contributed by atoms with E-state index in [2.05, 4.69) is 0 Å². The molecule has 0 aromatic heterocycles. The lowest BCUT2D eigenvalue weighted by Crippen LogP contribution is -2.18. The van der Waals surface area contributed by atoms with Crippen LogP contribution in [0.4, 0.5) is 0 Å². The molecule has 2 aliphatic rings. The summed E-state index contributed by atoms with van der Waals surface area (Å²) < 4.78 is 5.91. The molecule has 15 heavy (non-hydrogen) atoms. The SMILES string of the molecule is C1CCC(COCC2CCCCC2)CC1. The third-order valence-corrected chi connectivity index (χ3v) is 4.16. The van der Waals surface area contributed by atoms with E-state index < -0.39 is 0 Å². The zero-order valence-electron chi connectivity index (χ0n) is 10.0. The van der Waals surface area contributed by atoms with Crippen LogP contribution in [0.15, 0.2) is 0 Å². The highest BCUT2D eigenvalue weighted by Crippen LogP contribution is 2.26. The quantitative estimate of drug-likeness (QED) is 0.677. The molecule has 0 bridgehead atoms. The van der Waals surface area contributed by atoms with Crippen molar-refractivity contribution >= 4 is 0 Å². The zero-order valence-corrected chi connectivity index (χ0v) is 10.0. The molecule has 0 radical (unpaired) electrons. The third kappa shape index (κ3) is 4.14. The first-order valence-corrected chi connectivity index (χ1v) is 7.03. The molecule has 1 nitrogen and oxygen atoms in total. The molecule has 2 rings (SSSR count). The first kappa shape index (κ1) is 11.4. The summed E-state index contributed by atoms with van der Waals surface area (Å²) in [7, 11) is 0. The number of hydrogen-bond acceptors (Lipinski definition) is 1. The molecule has 0 heterocycles. The molecule has 88 valence electrons. The van der Waals surface area contributed by atoms with Gasteiger partial charge in [-0.15, -0.1) is 0 Å². The monoisotopic (exact) mass is 210 g/mol. The highest BCUT2D eigenvalue weighted by molar-refractivity contribution is 4.67. The molecule has 2 fully saturated rings. The second-order valence-corrected chi connectivity index (χ2v) is 5.55. The van der Waals surface area contributed by atoms with Gasteiger partial charge < -0.3 is 4.74 Å². The van der Waals surface area contributed by atoms with Crippen LogP contribution in [0.3, 0.4) is 0 Å². The van der Waals surface area contributed by atoms with Gasteiger partial charge in [-0.3, -0.25) is 0 Å². The smallest absolute Gasteiger partial charge is 0.0494 e. The molecule has 0 aromatic carbocycles. The molecule has 1 heteroatoms. The van der Waals surface area contributed by atoms with Crippen molar-refractivity contribution in [2.75, 3.05) is 13.2 Å². The van der Waals surface area contributed by atoms with Crippen molar-refractivity contribution in [1.29, 1.82) is 0 Å². The molecule has 0 aliphatic heterocycles. The highest BCUT2D eigenvalue weighted by Gasteiger charge is 2.16. The third-order valence-electron chi connectivity index (χ3n) is 4.16. The van der Waals surface area contributed by atoms with Crippen LogP contribution in [-0.2, 0) is 4.74 Å². The van der Waals surface area contributed by atoms with E-state index in [0.717, 1.165) is 25.0 Å². The average Bonchev–Trinajstić information content (AvgIpc) is 2.32. The first-order valence-electron chi connectivity index (χ1n) is 7.03. The fourth-order valence-electron chi connectivity index (χ4n) is 3.11. The Balaban J connectivity index is 1.53. The van der Waals surface area contributed by atoms with E-state index in [1.165, 1.54) is 64.2 Å². The summed E-state index contributed by atoms with van der Waals surface area (Å²) in [5, 5.41) is 0. The largest absolute Gasteiger partial charge is 0.381 e. The highest BCUT2D eigenvalue weighted by atomic mass is 16.5. The summed E-state index contributed by atoms with van der Waals surface area (Å²) in [4.78, 5) is 0. The Hall–Kier alpha value is -0.0400. The Bertz CT molecular complexity index is 137. The summed E-state index contributed by atoms with van der Waals surface area (Å²) in [6.07, 6.45) is 14.4. The maximum atomic E-state index is 5.91.